The molecule has 0 bridgehead atoms. The zero-order valence-corrected chi connectivity index (χ0v) is 14.5. The molecule has 0 radical (unpaired) electrons. The minimum Gasteiger partial charge on any atom is -0.367 e. The highest BCUT2D eigenvalue weighted by atomic mass is 15.1. The smallest absolute Gasteiger partial charge is 0.140 e. The van der Waals surface area contributed by atoms with Crippen LogP contribution < -0.4 is 10.6 Å². The number of benzene rings is 1. The summed E-state index contributed by atoms with van der Waals surface area (Å²) >= 11 is 0. The van der Waals surface area contributed by atoms with Crippen molar-refractivity contribution in [1.82, 2.24) is 20.3 Å². The number of anilines is 1. The van der Waals surface area contributed by atoms with E-state index in [9.17, 15) is 0 Å². The van der Waals surface area contributed by atoms with Gasteiger partial charge in [0.1, 0.15) is 11.5 Å². The van der Waals surface area contributed by atoms with E-state index in [2.05, 4.69) is 50.9 Å². The van der Waals surface area contributed by atoms with Gasteiger partial charge in [0.15, 0.2) is 0 Å². The van der Waals surface area contributed by atoms with Gasteiger partial charge in [-0.3, -0.25) is 4.98 Å². The molecule has 0 atom stereocenters. The summed E-state index contributed by atoms with van der Waals surface area (Å²) in [5, 5.41) is 9.30. The minimum absolute atomic E-state index is 0.471. The Kier molecular flexibility index (Phi) is 3.79. The average Bonchev–Trinajstić information content (AvgIpc) is 3.16. The molecule has 1 aliphatic heterocycles. The van der Waals surface area contributed by atoms with Crippen molar-refractivity contribution in [3.8, 4) is 11.1 Å². The van der Waals surface area contributed by atoms with E-state index in [-0.39, 0.29) is 0 Å². The second kappa shape index (κ2) is 6.42. The van der Waals surface area contributed by atoms with Crippen LogP contribution in [0.3, 0.4) is 0 Å². The van der Waals surface area contributed by atoms with Crippen molar-refractivity contribution in [2.24, 2.45) is 0 Å². The van der Waals surface area contributed by atoms with Gasteiger partial charge in [-0.25, -0.2) is 4.98 Å². The molecule has 26 heavy (non-hydrogen) atoms. The standard InChI is InChI=1S/C21H21N5/c1-2-4-19-14(3-1)11-15(13-24-19)18-12-20(25-16-5-8-22-9-6-16)26-21-17(18)7-10-23-21/h1-4,7,10-13,16,22H,5-6,8-9H2,(H2,23,25,26). The minimum atomic E-state index is 0.471. The van der Waals surface area contributed by atoms with E-state index in [0.717, 1.165) is 64.8 Å². The number of rotatable bonds is 3. The van der Waals surface area contributed by atoms with Crippen LogP contribution in [-0.2, 0) is 0 Å². The van der Waals surface area contributed by atoms with Gasteiger partial charge < -0.3 is 15.6 Å². The van der Waals surface area contributed by atoms with Crippen LogP contribution >= 0.6 is 0 Å². The van der Waals surface area contributed by atoms with Gasteiger partial charge in [0.2, 0.25) is 0 Å². The number of nitrogens with one attached hydrogen (secondary N) is 3. The topological polar surface area (TPSA) is 65.6 Å². The molecule has 5 rings (SSSR count). The third-order valence-electron chi connectivity index (χ3n) is 5.12. The molecule has 1 aliphatic rings. The number of hydrogen-bond donors (Lipinski definition) is 3. The lowest BCUT2D eigenvalue weighted by Crippen LogP contribution is -2.35. The summed E-state index contributed by atoms with van der Waals surface area (Å²) < 4.78 is 0. The highest BCUT2D eigenvalue weighted by molar-refractivity contribution is 5.96. The molecule has 1 fully saturated rings. The van der Waals surface area contributed by atoms with Crippen LogP contribution in [0.15, 0.2) is 54.9 Å². The first-order chi connectivity index (χ1) is 12.9. The molecule has 5 nitrogen and oxygen atoms in total. The number of hydrogen-bond acceptors (Lipinski definition) is 4. The fraction of sp³-hybridized carbons (Fsp3) is 0.238. The number of pyridine rings is 2. The van der Waals surface area contributed by atoms with Gasteiger partial charge in [-0.1, -0.05) is 18.2 Å². The van der Waals surface area contributed by atoms with Gasteiger partial charge in [-0.15, -0.1) is 0 Å². The molecule has 1 aromatic carbocycles. The average molecular weight is 343 g/mol. The summed E-state index contributed by atoms with van der Waals surface area (Å²) in [6.07, 6.45) is 6.15. The molecular formula is C21H21N5. The third-order valence-corrected chi connectivity index (χ3v) is 5.12. The summed E-state index contributed by atoms with van der Waals surface area (Å²) in [6, 6.07) is 15.1. The van der Waals surface area contributed by atoms with E-state index < -0.39 is 0 Å². The summed E-state index contributed by atoms with van der Waals surface area (Å²) in [4.78, 5) is 12.7. The molecule has 0 spiro atoms. The van der Waals surface area contributed by atoms with Crippen LogP contribution in [0, 0.1) is 0 Å². The third kappa shape index (κ3) is 2.80. The van der Waals surface area contributed by atoms with Gasteiger partial charge >= 0.3 is 0 Å². The SMILES string of the molecule is c1ccc2ncc(-c3cc(NC4CCNCC4)nc4[nH]ccc34)cc2c1. The summed E-state index contributed by atoms with van der Waals surface area (Å²) in [6.45, 7) is 2.12. The Morgan fingerprint density at radius 1 is 1.04 bits per heavy atom. The molecule has 5 heteroatoms. The predicted octanol–water partition coefficient (Wildman–Crippen LogP) is 3.94. The quantitative estimate of drug-likeness (QED) is 0.527. The van der Waals surface area contributed by atoms with Gasteiger partial charge in [0.25, 0.3) is 0 Å². The lowest BCUT2D eigenvalue weighted by Gasteiger charge is -2.24. The number of H-pyrrole nitrogens is 1. The van der Waals surface area contributed by atoms with E-state index in [1.807, 2.05) is 24.5 Å². The Bertz CT molecular complexity index is 1060. The maximum absolute atomic E-state index is 4.77. The zero-order valence-electron chi connectivity index (χ0n) is 14.5. The van der Waals surface area contributed by atoms with E-state index in [4.69, 9.17) is 4.98 Å². The van der Waals surface area contributed by atoms with Crippen LogP contribution in [0.5, 0.6) is 0 Å². The predicted molar refractivity (Wildman–Crippen MR) is 106 cm³/mol. The van der Waals surface area contributed by atoms with Gasteiger partial charge in [0, 0.05) is 34.8 Å². The highest BCUT2D eigenvalue weighted by Gasteiger charge is 2.15. The molecule has 130 valence electrons. The molecule has 1 saturated heterocycles. The highest BCUT2D eigenvalue weighted by Crippen LogP contribution is 2.31. The van der Waals surface area contributed by atoms with Crippen LogP contribution in [0.1, 0.15) is 12.8 Å². The Morgan fingerprint density at radius 3 is 2.85 bits per heavy atom. The maximum Gasteiger partial charge on any atom is 0.140 e. The summed E-state index contributed by atoms with van der Waals surface area (Å²) in [7, 11) is 0. The van der Waals surface area contributed by atoms with Crippen molar-refractivity contribution in [2.75, 3.05) is 18.4 Å². The summed E-state index contributed by atoms with van der Waals surface area (Å²) in [5.41, 5.74) is 4.20. The number of piperidine rings is 1. The van der Waals surface area contributed by atoms with Crippen molar-refractivity contribution in [2.45, 2.75) is 18.9 Å². The molecule has 4 heterocycles. The Morgan fingerprint density at radius 2 is 1.92 bits per heavy atom. The van der Waals surface area contributed by atoms with Crippen molar-refractivity contribution >= 4 is 27.8 Å². The van der Waals surface area contributed by atoms with Crippen molar-refractivity contribution in [1.29, 1.82) is 0 Å². The van der Waals surface area contributed by atoms with E-state index in [1.54, 1.807) is 0 Å². The van der Waals surface area contributed by atoms with Crippen LogP contribution in [0.2, 0.25) is 0 Å². The van der Waals surface area contributed by atoms with Gasteiger partial charge in [-0.05, 0) is 55.8 Å². The Balaban J connectivity index is 1.59. The molecule has 0 amide bonds. The molecule has 4 aromatic rings. The largest absolute Gasteiger partial charge is 0.367 e. The number of aromatic amines is 1. The van der Waals surface area contributed by atoms with Gasteiger partial charge in [-0.2, -0.15) is 0 Å². The van der Waals surface area contributed by atoms with Crippen molar-refractivity contribution in [3.05, 3.63) is 54.9 Å². The number of fused-ring (bicyclic) bond motifs is 2. The maximum atomic E-state index is 4.77. The first-order valence-electron chi connectivity index (χ1n) is 9.17. The number of nitrogens with zero attached hydrogens (tertiary/aromatic N) is 2. The second-order valence-corrected chi connectivity index (χ2v) is 6.88. The Hall–Kier alpha value is -2.92. The van der Waals surface area contributed by atoms with E-state index in [0.29, 0.717) is 6.04 Å². The lowest BCUT2D eigenvalue weighted by atomic mass is 10.0. The molecule has 3 aromatic heterocycles. The lowest BCUT2D eigenvalue weighted by molar-refractivity contribution is 0.478. The second-order valence-electron chi connectivity index (χ2n) is 6.88. The first-order valence-corrected chi connectivity index (χ1v) is 9.17. The van der Waals surface area contributed by atoms with Crippen molar-refractivity contribution in [3.63, 3.8) is 0 Å². The zero-order chi connectivity index (χ0) is 17.3. The molecule has 0 saturated carbocycles. The molecular weight excluding hydrogens is 322 g/mol. The van der Waals surface area contributed by atoms with Crippen LogP contribution in [0.25, 0.3) is 33.1 Å². The number of para-hydroxylation sites is 1. The fourth-order valence-electron chi connectivity index (χ4n) is 3.74. The van der Waals surface area contributed by atoms with Crippen molar-refractivity contribution < 1.29 is 0 Å². The number of aromatic nitrogens is 3. The fourth-order valence-corrected chi connectivity index (χ4v) is 3.74. The molecule has 3 N–H and O–H groups in total. The monoisotopic (exact) mass is 343 g/mol. The van der Waals surface area contributed by atoms with Gasteiger partial charge in [0.05, 0.1) is 5.52 Å². The van der Waals surface area contributed by atoms with E-state index in [1.165, 1.54) is 0 Å². The normalized spacial score (nSPS) is 15.5. The van der Waals surface area contributed by atoms with Crippen LogP contribution in [-0.4, -0.2) is 34.1 Å². The Labute approximate surface area is 151 Å². The van der Waals surface area contributed by atoms with Crippen LogP contribution in [0.4, 0.5) is 5.82 Å². The first kappa shape index (κ1) is 15.3. The molecule has 0 unspecified atom stereocenters. The summed E-state index contributed by atoms with van der Waals surface area (Å²) in [5.74, 6) is 0.926. The molecule has 0 aliphatic carbocycles. The van der Waals surface area contributed by atoms with E-state index >= 15 is 0 Å².